The van der Waals surface area contributed by atoms with Gasteiger partial charge in [-0.05, 0) is 51.0 Å². The van der Waals surface area contributed by atoms with Crippen molar-refractivity contribution in [3.8, 4) is 0 Å². The summed E-state index contributed by atoms with van der Waals surface area (Å²) >= 11 is 0. The van der Waals surface area contributed by atoms with E-state index < -0.39 is 0 Å². The van der Waals surface area contributed by atoms with Crippen molar-refractivity contribution in [2.75, 3.05) is 13.1 Å². The number of amides is 1. The third-order valence-corrected chi connectivity index (χ3v) is 4.81. The van der Waals surface area contributed by atoms with Crippen LogP contribution in [0.25, 0.3) is 5.78 Å². The van der Waals surface area contributed by atoms with Gasteiger partial charge in [0.1, 0.15) is 0 Å². The smallest absolute Gasteiger partial charge is 0.293 e. The van der Waals surface area contributed by atoms with Gasteiger partial charge in [0.05, 0.1) is 0 Å². The first kappa shape index (κ1) is 15.9. The van der Waals surface area contributed by atoms with E-state index in [1.54, 1.807) is 4.52 Å². The second kappa shape index (κ2) is 6.26. The van der Waals surface area contributed by atoms with Crippen molar-refractivity contribution < 1.29 is 4.79 Å². The van der Waals surface area contributed by atoms with Gasteiger partial charge in [-0.25, -0.2) is 9.50 Å². The fourth-order valence-electron chi connectivity index (χ4n) is 3.39. The molecule has 0 radical (unpaired) electrons. The predicted molar refractivity (Wildman–Crippen MR) is 88.3 cm³/mol. The number of aryl methyl sites for hydroxylation is 2. The molecule has 1 fully saturated rings. The molecule has 1 aliphatic heterocycles. The molecule has 0 aromatic carbocycles. The van der Waals surface area contributed by atoms with Gasteiger partial charge in [0, 0.05) is 24.5 Å². The molecule has 0 N–H and O–H groups in total. The van der Waals surface area contributed by atoms with Crippen molar-refractivity contribution in [3.05, 3.63) is 23.3 Å². The minimum Gasteiger partial charge on any atom is -0.336 e. The number of likely N-dealkylation sites (tertiary alicyclic amines) is 1. The van der Waals surface area contributed by atoms with Crippen LogP contribution in [0.3, 0.4) is 0 Å². The van der Waals surface area contributed by atoms with Gasteiger partial charge in [-0.2, -0.15) is 4.98 Å². The Bertz CT molecular complexity index is 721. The van der Waals surface area contributed by atoms with Crippen LogP contribution in [-0.2, 0) is 0 Å². The van der Waals surface area contributed by atoms with E-state index in [0.29, 0.717) is 17.6 Å². The summed E-state index contributed by atoms with van der Waals surface area (Å²) in [6.07, 6.45) is 3.31. The Morgan fingerprint density at radius 1 is 1.22 bits per heavy atom. The minimum absolute atomic E-state index is 0.0723. The van der Waals surface area contributed by atoms with Crippen LogP contribution in [0.5, 0.6) is 0 Å². The summed E-state index contributed by atoms with van der Waals surface area (Å²) in [6, 6.07) is 1.94. The third kappa shape index (κ3) is 3.21. The molecular weight excluding hydrogens is 290 g/mol. The molecule has 0 saturated carbocycles. The van der Waals surface area contributed by atoms with Crippen LogP contribution in [0.15, 0.2) is 6.07 Å². The van der Waals surface area contributed by atoms with E-state index in [1.165, 1.54) is 6.42 Å². The van der Waals surface area contributed by atoms with Gasteiger partial charge in [0.15, 0.2) is 0 Å². The summed E-state index contributed by atoms with van der Waals surface area (Å²) in [5, 5.41) is 4.37. The largest absolute Gasteiger partial charge is 0.336 e. The molecule has 0 aliphatic carbocycles. The number of carbonyl (C=O) groups excluding carboxylic acids is 1. The van der Waals surface area contributed by atoms with Gasteiger partial charge >= 0.3 is 0 Å². The van der Waals surface area contributed by atoms with Crippen molar-refractivity contribution in [2.45, 2.75) is 47.0 Å². The lowest BCUT2D eigenvalue weighted by Gasteiger charge is -2.20. The highest BCUT2D eigenvalue weighted by Gasteiger charge is 2.25. The fourth-order valence-corrected chi connectivity index (χ4v) is 3.39. The second-order valence-corrected chi connectivity index (χ2v) is 6.91. The van der Waals surface area contributed by atoms with Crippen LogP contribution in [0.2, 0.25) is 0 Å². The highest BCUT2D eigenvalue weighted by atomic mass is 16.2. The summed E-state index contributed by atoms with van der Waals surface area (Å²) in [5.41, 5.74) is 1.82. The average molecular weight is 315 g/mol. The molecule has 0 bridgehead atoms. The predicted octanol–water partition coefficient (Wildman–Crippen LogP) is 2.64. The summed E-state index contributed by atoms with van der Waals surface area (Å²) in [4.78, 5) is 23.4. The molecule has 1 unspecified atom stereocenters. The lowest BCUT2D eigenvalue weighted by atomic mass is 9.89. The number of rotatable bonds is 2. The van der Waals surface area contributed by atoms with Crippen molar-refractivity contribution in [3.63, 3.8) is 0 Å². The van der Waals surface area contributed by atoms with Crippen LogP contribution < -0.4 is 0 Å². The first-order valence-electron chi connectivity index (χ1n) is 8.46. The first-order chi connectivity index (χ1) is 11.0. The van der Waals surface area contributed by atoms with E-state index in [9.17, 15) is 4.79 Å². The van der Waals surface area contributed by atoms with Gasteiger partial charge in [0.25, 0.3) is 11.7 Å². The van der Waals surface area contributed by atoms with Gasteiger partial charge in [-0.1, -0.05) is 13.8 Å². The van der Waals surface area contributed by atoms with Crippen molar-refractivity contribution >= 4 is 11.7 Å². The minimum atomic E-state index is -0.0723. The monoisotopic (exact) mass is 315 g/mol. The Balaban J connectivity index is 1.81. The highest BCUT2D eigenvalue weighted by molar-refractivity contribution is 5.90. The molecular formula is C17H25N5O. The number of carbonyl (C=O) groups is 1. The number of hydrogen-bond donors (Lipinski definition) is 0. The molecule has 6 nitrogen and oxygen atoms in total. The third-order valence-electron chi connectivity index (χ3n) is 4.81. The molecule has 2 aromatic rings. The zero-order chi connectivity index (χ0) is 16.6. The molecule has 1 aliphatic rings. The van der Waals surface area contributed by atoms with Crippen LogP contribution in [0, 0.1) is 25.7 Å². The second-order valence-electron chi connectivity index (χ2n) is 6.91. The summed E-state index contributed by atoms with van der Waals surface area (Å²) in [6.45, 7) is 9.99. The van der Waals surface area contributed by atoms with E-state index in [4.69, 9.17) is 0 Å². The topological polar surface area (TPSA) is 63.4 Å². The Labute approximate surface area is 136 Å². The molecule has 3 rings (SSSR count). The maximum Gasteiger partial charge on any atom is 0.293 e. The lowest BCUT2D eigenvalue weighted by Crippen LogP contribution is -2.33. The zero-order valence-corrected chi connectivity index (χ0v) is 14.4. The number of fused-ring (bicyclic) bond motifs is 1. The van der Waals surface area contributed by atoms with Crippen LogP contribution in [0.1, 0.15) is 55.1 Å². The van der Waals surface area contributed by atoms with Gasteiger partial charge in [-0.15, -0.1) is 5.10 Å². The number of aromatic nitrogens is 4. The van der Waals surface area contributed by atoms with Gasteiger partial charge in [-0.3, -0.25) is 4.79 Å². The summed E-state index contributed by atoms with van der Waals surface area (Å²) in [5.74, 6) is 2.06. The molecule has 23 heavy (non-hydrogen) atoms. The van der Waals surface area contributed by atoms with E-state index in [-0.39, 0.29) is 11.7 Å². The number of nitrogens with zero attached hydrogens (tertiary/aromatic N) is 5. The SMILES string of the molecule is Cc1cc(C)n2nc(C(=O)N3CCCC(C(C)C)CC3)nc2n1. The molecule has 2 aromatic heterocycles. The molecule has 1 atom stereocenters. The normalized spacial score (nSPS) is 19.3. The van der Waals surface area contributed by atoms with Crippen LogP contribution >= 0.6 is 0 Å². The van der Waals surface area contributed by atoms with Crippen molar-refractivity contribution in [1.29, 1.82) is 0 Å². The standard InChI is InChI=1S/C17H25N5O/c1-11(2)14-6-5-8-21(9-7-14)16(23)15-19-17-18-12(3)10-13(4)22(17)20-15/h10-11,14H,5-9H2,1-4H3. The first-order valence-corrected chi connectivity index (χ1v) is 8.46. The maximum atomic E-state index is 12.8. The number of hydrogen-bond acceptors (Lipinski definition) is 4. The van der Waals surface area contributed by atoms with Gasteiger partial charge in [0.2, 0.25) is 5.82 Å². The Kier molecular flexibility index (Phi) is 4.33. The summed E-state index contributed by atoms with van der Waals surface area (Å²) < 4.78 is 1.65. The molecule has 124 valence electrons. The van der Waals surface area contributed by atoms with E-state index in [2.05, 4.69) is 28.9 Å². The maximum absolute atomic E-state index is 12.8. The van der Waals surface area contributed by atoms with Crippen LogP contribution in [-0.4, -0.2) is 43.5 Å². The van der Waals surface area contributed by atoms with Crippen LogP contribution in [0.4, 0.5) is 0 Å². The Morgan fingerprint density at radius 3 is 2.74 bits per heavy atom. The van der Waals surface area contributed by atoms with E-state index in [1.807, 2.05) is 24.8 Å². The van der Waals surface area contributed by atoms with Crippen molar-refractivity contribution in [2.24, 2.45) is 11.8 Å². The molecule has 6 heteroatoms. The molecule has 1 saturated heterocycles. The Hall–Kier alpha value is -1.98. The Morgan fingerprint density at radius 2 is 2.00 bits per heavy atom. The van der Waals surface area contributed by atoms with Crippen molar-refractivity contribution in [1.82, 2.24) is 24.5 Å². The average Bonchev–Trinajstić information content (AvgIpc) is 2.76. The highest BCUT2D eigenvalue weighted by Crippen LogP contribution is 2.25. The van der Waals surface area contributed by atoms with E-state index in [0.717, 1.165) is 37.3 Å². The molecule has 0 spiro atoms. The fraction of sp³-hybridized carbons (Fsp3) is 0.647. The van der Waals surface area contributed by atoms with E-state index >= 15 is 0 Å². The zero-order valence-electron chi connectivity index (χ0n) is 14.4. The lowest BCUT2D eigenvalue weighted by molar-refractivity contribution is 0.0747. The molecule has 3 heterocycles. The quantitative estimate of drug-likeness (QED) is 0.854. The molecule has 1 amide bonds. The van der Waals surface area contributed by atoms with Gasteiger partial charge < -0.3 is 4.90 Å². The summed E-state index contributed by atoms with van der Waals surface area (Å²) in [7, 11) is 0.